The van der Waals surface area contributed by atoms with Gasteiger partial charge in [-0.2, -0.15) is 0 Å². The van der Waals surface area contributed by atoms with Crippen LogP contribution in [0.1, 0.15) is 18.4 Å². The maximum absolute atomic E-state index is 13.8. The van der Waals surface area contributed by atoms with Crippen LogP contribution in [0.2, 0.25) is 5.02 Å². The van der Waals surface area contributed by atoms with E-state index < -0.39 is 0 Å². The number of carbonyl (C=O) groups excluding carboxylic acids is 1. The van der Waals surface area contributed by atoms with Crippen molar-refractivity contribution in [3.05, 3.63) is 34.6 Å². The third-order valence-corrected chi connectivity index (χ3v) is 4.09. The summed E-state index contributed by atoms with van der Waals surface area (Å²) < 4.78 is 13.8. The summed E-state index contributed by atoms with van der Waals surface area (Å²) in [6, 6.07) is 4.73. The molecule has 1 saturated heterocycles. The standard InChI is InChI=1S/C15H20ClFN2O/c1-18(2)15(20)11-5-4-8-19(9-11)10-12-13(16)6-3-7-14(12)17/h3,6-7,11H,4-5,8-10H2,1-2H3. The van der Waals surface area contributed by atoms with E-state index in [1.54, 1.807) is 31.1 Å². The normalized spacial score (nSPS) is 19.9. The molecule has 1 fully saturated rings. The molecule has 1 aromatic rings. The molecule has 1 atom stereocenters. The zero-order valence-corrected chi connectivity index (χ0v) is 12.7. The molecule has 20 heavy (non-hydrogen) atoms. The highest BCUT2D eigenvalue weighted by molar-refractivity contribution is 6.31. The van der Waals surface area contributed by atoms with Gasteiger partial charge in [0, 0.05) is 37.8 Å². The molecule has 110 valence electrons. The van der Waals surface area contributed by atoms with Gasteiger partial charge >= 0.3 is 0 Å². The number of piperidine rings is 1. The van der Waals surface area contributed by atoms with Crippen molar-refractivity contribution in [2.24, 2.45) is 5.92 Å². The zero-order chi connectivity index (χ0) is 14.7. The first-order valence-corrected chi connectivity index (χ1v) is 7.23. The van der Waals surface area contributed by atoms with Crippen molar-refractivity contribution in [1.82, 2.24) is 9.80 Å². The highest BCUT2D eigenvalue weighted by atomic mass is 35.5. The second-order valence-electron chi connectivity index (χ2n) is 5.51. The van der Waals surface area contributed by atoms with E-state index in [0.29, 0.717) is 23.7 Å². The second kappa shape index (κ2) is 6.55. The fourth-order valence-electron chi connectivity index (χ4n) is 2.67. The van der Waals surface area contributed by atoms with Gasteiger partial charge in [0.1, 0.15) is 5.82 Å². The Bertz CT molecular complexity index is 473. The van der Waals surface area contributed by atoms with E-state index in [2.05, 4.69) is 4.90 Å². The van der Waals surface area contributed by atoms with Crippen molar-refractivity contribution in [2.75, 3.05) is 27.2 Å². The largest absolute Gasteiger partial charge is 0.349 e. The number of halogens is 2. The van der Waals surface area contributed by atoms with Crippen LogP contribution in [0, 0.1) is 11.7 Å². The zero-order valence-electron chi connectivity index (χ0n) is 11.9. The molecule has 1 aliphatic heterocycles. The lowest BCUT2D eigenvalue weighted by Gasteiger charge is -2.33. The number of nitrogens with zero attached hydrogens (tertiary/aromatic N) is 2. The van der Waals surface area contributed by atoms with Crippen LogP contribution in [0.5, 0.6) is 0 Å². The SMILES string of the molecule is CN(C)C(=O)C1CCCN(Cc2c(F)cccc2Cl)C1. The Morgan fingerprint density at radius 1 is 1.50 bits per heavy atom. The minimum atomic E-state index is -0.279. The molecule has 0 radical (unpaired) electrons. The summed E-state index contributed by atoms with van der Waals surface area (Å²) >= 11 is 6.06. The highest BCUT2D eigenvalue weighted by Gasteiger charge is 2.27. The fourth-order valence-corrected chi connectivity index (χ4v) is 2.90. The quantitative estimate of drug-likeness (QED) is 0.857. The van der Waals surface area contributed by atoms with Crippen LogP contribution in [-0.4, -0.2) is 42.9 Å². The maximum atomic E-state index is 13.8. The van der Waals surface area contributed by atoms with E-state index in [4.69, 9.17) is 11.6 Å². The van der Waals surface area contributed by atoms with Gasteiger partial charge in [-0.25, -0.2) is 4.39 Å². The van der Waals surface area contributed by atoms with Crippen molar-refractivity contribution >= 4 is 17.5 Å². The van der Waals surface area contributed by atoms with Gasteiger partial charge in [-0.3, -0.25) is 9.69 Å². The highest BCUT2D eigenvalue weighted by Crippen LogP contribution is 2.24. The Labute approximate surface area is 124 Å². The predicted octanol–water partition coefficient (Wildman–Crippen LogP) is 2.78. The van der Waals surface area contributed by atoms with Gasteiger partial charge in [0.05, 0.1) is 5.92 Å². The van der Waals surface area contributed by atoms with E-state index in [-0.39, 0.29) is 17.6 Å². The van der Waals surface area contributed by atoms with E-state index in [9.17, 15) is 9.18 Å². The first kappa shape index (κ1) is 15.3. The maximum Gasteiger partial charge on any atom is 0.226 e. The van der Waals surface area contributed by atoms with Crippen LogP contribution in [0.4, 0.5) is 4.39 Å². The average Bonchev–Trinajstić information content (AvgIpc) is 2.42. The number of likely N-dealkylation sites (tertiary alicyclic amines) is 1. The van der Waals surface area contributed by atoms with E-state index in [1.165, 1.54) is 6.07 Å². The van der Waals surface area contributed by atoms with Gasteiger partial charge in [-0.1, -0.05) is 17.7 Å². The van der Waals surface area contributed by atoms with E-state index >= 15 is 0 Å². The molecule has 0 N–H and O–H groups in total. The third-order valence-electron chi connectivity index (χ3n) is 3.74. The Morgan fingerprint density at radius 2 is 2.25 bits per heavy atom. The van der Waals surface area contributed by atoms with E-state index in [0.717, 1.165) is 19.4 Å². The second-order valence-corrected chi connectivity index (χ2v) is 5.91. The summed E-state index contributed by atoms with van der Waals surface area (Å²) in [5, 5.41) is 0.450. The Hall–Kier alpha value is -1.13. The molecule has 0 saturated carbocycles. The molecular weight excluding hydrogens is 279 g/mol. The molecule has 2 rings (SSSR count). The van der Waals surface area contributed by atoms with Crippen LogP contribution >= 0.6 is 11.6 Å². The lowest BCUT2D eigenvalue weighted by atomic mass is 9.96. The first-order chi connectivity index (χ1) is 9.49. The molecule has 0 bridgehead atoms. The predicted molar refractivity (Wildman–Crippen MR) is 78.1 cm³/mol. The van der Waals surface area contributed by atoms with Crippen LogP contribution < -0.4 is 0 Å². The van der Waals surface area contributed by atoms with Gasteiger partial charge in [-0.15, -0.1) is 0 Å². The van der Waals surface area contributed by atoms with Gasteiger partial charge in [0.2, 0.25) is 5.91 Å². The van der Waals surface area contributed by atoms with Crippen LogP contribution in [-0.2, 0) is 11.3 Å². The van der Waals surface area contributed by atoms with Gasteiger partial charge in [0.15, 0.2) is 0 Å². The minimum absolute atomic E-state index is 0.00398. The smallest absolute Gasteiger partial charge is 0.226 e. The first-order valence-electron chi connectivity index (χ1n) is 6.85. The Balaban J connectivity index is 2.05. The molecular formula is C15H20ClFN2O. The molecule has 0 spiro atoms. The van der Waals surface area contributed by atoms with Crippen molar-refractivity contribution in [1.29, 1.82) is 0 Å². The molecule has 3 nitrogen and oxygen atoms in total. The Kier molecular flexibility index (Phi) is 5.00. The van der Waals surface area contributed by atoms with Crippen molar-refractivity contribution in [3.8, 4) is 0 Å². The van der Waals surface area contributed by atoms with E-state index in [1.807, 2.05) is 0 Å². The number of amides is 1. The van der Waals surface area contributed by atoms with Gasteiger partial charge in [0.25, 0.3) is 0 Å². The van der Waals surface area contributed by atoms with Crippen molar-refractivity contribution in [3.63, 3.8) is 0 Å². The summed E-state index contributed by atoms with van der Waals surface area (Å²) in [5.41, 5.74) is 0.520. The summed E-state index contributed by atoms with van der Waals surface area (Å²) in [4.78, 5) is 15.8. The number of carbonyl (C=O) groups is 1. The minimum Gasteiger partial charge on any atom is -0.349 e. The van der Waals surface area contributed by atoms with Gasteiger partial charge in [-0.05, 0) is 31.5 Å². The topological polar surface area (TPSA) is 23.6 Å². The third kappa shape index (κ3) is 3.49. The molecule has 1 unspecified atom stereocenters. The molecule has 1 aromatic carbocycles. The number of hydrogen-bond acceptors (Lipinski definition) is 2. The van der Waals surface area contributed by atoms with Crippen LogP contribution in [0.3, 0.4) is 0 Å². The van der Waals surface area contributed by atoms with Crippen LogP contribution in [0.25, 0.3) is 0 Å². The fraction of sp³-hybridized carbons (Fsp3) is 0.533. The molecule has 0 aromatic heterocycles. The van der Waals surface area contributed by atoms with Crippen molar-refractivity contribution < 1.29 is 9.18 Å². The summed E-state index contributed by atoms with van der Waals surface area (Å²) in [5.74, 6) is -0.128. The molecule has 0 aliphatic carbocycles. The molecule has 1 amide bonds. The van der Waals surface area contributed by atoms with Gasteiger partial charge < -0.3 is 4.90 Å². The average molecular weight is 299 g/mol. The summed E-state index contributed by atoms with van der Waals surface area (Å²) in [7, 11) is 3.55. The molecule has 5 heteroatoms. The lowest BCUT2D eigenvalue weighted by Crippen LogP contribution is -2.42. The Morgan fingerprint density at radius 3 is 2.90 bits per heavy atom. The number of rotatable bonds is 3. The molecule has 1 aliphatic rings. The molecule has 1 heterocycles. The number of hydrogen-bond donors (Lipinski definition) is 0. The summed E-state index contributed by atoms with van der Waals surface area (Å²) in [6.07, 6.45) is 1.86. The monoisotopic (exact) mass is 298 g/mol. The number of benzene rings is 1. The summed E-state index contributed by atoms with van der Waals surface area (Å²) in [6.45, 7) is 2.01. The van der Waals surface area contributed by atoms with Crippen molar-refractivity contribution in [2.45, 2.75) is 19.4 Å². The lowest BCUT2D eigenvalue weighted by molar-refractivity contribution is -0.134. The van der Waals surface area contributed by atoms with Crippen LogP contribution in [0.15, 0.2) is 18.2 Å².